The van der Waals surface area contributed by atoms with Crippen LogP contribution < -0.4 is 5.73 Å². The molecular formula is C12H16FN. The number of benzene rings is 1. The lowest BCUT2D eigenvalue weighted by Gasteiger charge is -2.18. The van der Waals surface area contributed by atoms with E-state index in [1.807, 2.05) is 12.1 Å². The van der Waals surface area contributed by atoms with Crippen LogP contribution in [0.3, 0.4) is 0 Å². The van der Waals surface area contributed by atoms with Crippen molar-refractivity contribution in [1.82, 2.24) is 0 Å². The van der Waals surface area contributed by atoms with Crippen molar-refractivity contribution in [3.05, 3.63) is 35.6 Å². The molecule has 0 aliphatic heterocycles. The Morgan fingerprint density at radius 2 is 2.07 bits per heavy atom. The highest BCUT2D eigenvalue weighted by Gasteiger charge is 2.42. The van der Waals surface area contributed by atoms with Gasteiger partial charge < -0.3 is 5.73 Å². The van der Waals surface area contributed by atoms with Gasteiger partial charge in [0, 0.05) is 6.04 Å². The monoisotopic (exact) mass is 193 g/mol. The van der Waals surface area contributed by atoms with Crippen molar-refractivity contribution in [1.29, 1.82) is 0 Å². The summed E-state index contributed by atoms with van der Waals surface area (Å²) in [5, 5.41) is 0. The molecule has 1 saturated carbocycles. The van der Waals surface area contributed by atoms with Gasteiger partial charge in [0.25, 0.3) is 0 Å². The van der Waals surface area contributed by atoms with Crippen LogP contribution in [0.2, 0.25) is 0 Å². The third-order valence-corrected chi connectivity index (χ3v) is 3.33. The highest BCUT2D eigenvalue weighted by molar-refractivity contribution is 5.19. The fourth-order valence-electron chi connectivity index (χ4n) is 1.72. The van der Waals surface area contributed by atoms with Crippen molar-refractivity contribution < 1.29 is 4.39 Å². The second-order valence-corrected chi connectivity index (χ2v) is 4.56. The molecular weight excluding hydrogens is 177 g/mol. The summed E-state index contributed by atoms with van der Waals surface area (Å²) in [6.07, 6.45) is 3.02. The third kappa shape index (κ3) is 1.80. The summed E-state index contributed by atoms with van der Waals surface area (Å²) < 4.78 is 13.3. The third-order valence-electron chi connectivity index (χ3n) is 3.33. The van der Waals surface area contributed by atoms with Crippen molar-refractivity contribution in [2.45, 2.75) is 32.2 Å². The second-order valence-electron chi connectivity index (χ2n) is 4.56. The van der Waals surface area contributed by atoms with E-state index < -0.39 is 0 Å². The van der Waals surface area contributed by atoms with Crippen LogP contribution in [0.25, 0.3) is 0 Å². The largest absolute Gasteiger partial charge is 0.327 e. The maximum absolute atomic E-state index is 13.3. The highest BCUT2D eigenvalue weighted by Crippen LogP contribution is 2.48. The van der Waals surface area contributed by atoms with Gasteiger partial charge in [0.1, 0.15) is 5.82 Å². The molecule has 1 aromatic carbocycles. The number of nitrogens with two attached hydrogens (primary N) is 1. The van der Waals surface area contributed by atoms with E-state index in [4.69, 9.17) is 5.73 Å². The molecule has 0 bridgehead atoms. The van der Waals surface area contributed by atoms with Crippen molar-refractivity contribution in [3.8, 4) is 0 Å². The first kappa shape index (κ1) is 9.66. The molecule has 1 aromatic rings. The number of hydrogen-bond acceptors (Lipinski definition) is 1. The summed E-state index contributed by atoms with van der Waals surface area (Å²) in [7, 11) is 0. The van der Waals surface area contributed by atoms with Gasteiger partial charge in [0.15, 0.2) is 0 Å². The minimum Gasteiger partial charge on any atom is -0.327 e. The maximum atomic E-state index is 13.3. The van der Waals surface area contributed by atoms with Crippen molar-refractivity contribution >= 4 is 0 Å². The molecule has 2 N–H and O–H groups in total. The summed E-state index contributed by atoms with van der Waals surface area (Å²) in [6.45, 7) is 2.18. The summed E-state index contributed by atoms with van der Waals surface area (Å²) in [5.74, 6) is -0.132. The first-order chi connectivity index (χ1) is 6.62. The summed E-state index contributed by atoms with van der Waals surface area (Å²) >= 11 is 0. The molecule has 0 amide bonds. The molecule has 2 rings (SSSR count). The summed E-state index contributed by atoms with van der Waals surface area (Å²) in [4.78, 5) is 0. The molecule has 14 heavy (non-hydrogen) atoms. The number of rotatable bonds is 3. The minimum atomic E-state index is -0.132. The zero-order valence-corrected chi connectivity index (χ0v) is 8.46. The van der Waals surface area contributed by atoms with Crippen molar-refractivity contribution in [3.63, 3.8) is 0 Å². The minimum absolute atomic E-state index is 0.0967. The lowest BCUT2D eigenvalue weighted by Crippen LogP contribution is -2.32. The van der Waals surface area contributed by atoms with Gasteiger partial charge in [0.2, 0.25) is 0 Å². The van der Waals surface area contributed by atoms with E-state index in [2.05, 4.69) is 6.92 Å². The molecule has 1 aliphatic rings. The van der Waals surface area contributed by atoms with Gasteiger partial charge in [-0.3, -0.25) is 0 Å². The van der Waals surface area contributed by atoms with E-state index in [1.54, 1.807) is 6.07 Å². The van der Waals surface area contributed by atoms with Crippen LogP contribution in [0.5, 0.6) is 0 Å². The Kier molecular flexibility index (Phi) is 2.31. The Morgan fingerprint density at radius 3 is 2.64 bits per heavy atom. The average molecular weight is 193 g/mol. The van der Waals surface area contributed by atoms with Gasteiger partial charge in [-0.1, -0.05) is 25.1 Å². The molecule has 1 fully saturated rings. The lowest BCUT2D eigenvalue weighted by atomic mass is 9.93. The Bertz CT molecular complexity index is 331. The Labute approximate surface area is 84.1 Å². The van der Waals surface area contributed by atoms with E-state index in [9.17, 15) is 4.39 Å². The quantitative estimate of drug-likeness (QED) is 0.784. The topological polar surface area (TPSA) is 26.0 Å². The average Bonchev–Trinajstić information content (AvgIpc) is 2.89. The second kappa shape index (κ2) is 3.35. The predicted octanol–water partition coefficient (Wildman–Crippen LogP) is 2.50. The molecule has 1 nitrogen and oxygen atoms in total. The van der Waals surface area contributed by atoms with E-state index in [0.717, 1.165) is 5.56 Å². The van der Waals surface area contributed by atoms with E-state index in [0.29, 0.717) is 6.42 Å². The van der Waals surface area contributed by atoms with Gasteiger partial charge in [-0.25, -0.2) is 4.39 Å². The van der Waals surface area contributed by atoms with Crippen LogP contribution in [-0.4, -0.2) is 6.04 Å². The number of halogens is 1. The zero-order chi connectivity index (χ0) is 10.2. The first-order valence-corrected chi connectivity index (χ1v) is 5.11. The van der Waals surface area contributed by atoms with Crippen LogP contribution in [0, 0.1) is 11.2 Å². The molecule has 0 radical (unpaired) electrons. The van der Waals surface area contributed by atoms with Crippen molar-refractivity contribution in [2.24, 2.45) is 11.1 Å². The zero-order valence-electron chi connectivity index (χ0n) is 8.46. The molecule has 0 saturated heterocycles. The number of hydrogen-bond donors (Lipinski definition) is 1. The van der Waals surface area contributed by atoms with Crippen LogP contribution in [0.15, 0.2) is 24.3 Å². The lowest BCUT2D eigenvalue weighted by molar-refractivity contribution is 0.427. The normalized spacial score (nSPS) is 20.5. The summed E-state index contributed by atoms with van der Waals surface area (Å²) in [5.41, 5.74) is 7.06. The molecule has 0 heterocycles. The standard InChI is InChI=1S/C12H16FN/c1-12(6-7-12)11(14)8-9-4-2-3-5-10(9)13/h2-5,11H,6-8,14H2,1H3. The van der Waals surface area contributed by atoms with Gasteiger partial charge in [-0.05, 0) is 36.3 Å². The van der Waals surface area contributed by atoms with Gasteiger partial charge in [0.05, 0.1) is 0 Å². The summed E-state index contributed by atoms with van der Waals surface area (Å²) in [6, 6.07) is 6.99. The van der Waals surface area contributed by atoms with Crippen LogP contribution in [0.1, 0.15) is 25.3 Å². The molecule has 76 valence electrons. The fourth-order valence-corrected chi connectivity index (χ4v) is 1.72. The predicted molar refractivity (Wildman–Crippen MR) is 55.4 cm³/mol. The van der Waals surface area contributed by atoms with Gasteiger partial charge in [-0.15, -0.1) is 0 Å². The molecule has 1 atom stereocenters. The first-order valence-electron chi connectivity index (χ1n) is 5.11. The molecule has 0 spiro atoms. The SMILES string of the molecule is CC1(C(N)Cc2ccccc2F)CC1. The van der Waals surface area contributed by atoms with Crippen LogP contribution >= 0.6 is 0 Å². The Balaban J connectivity index is 2.07. The molecule has 0 aromatic heterocycles. The molecule has 1 unspecified atom stereocenters. The van der Waals surface area contributed by atoms with E-state index >= 15 is 0 Å². The van der Waals surface area contributed by atoms with Crippen LogP contribution in [-0.2, 0) is 6.42 Å². The maximum Gasteiger partial charge on any atom is 0.126 e. The Hall–Kier alpha value is -0.890. The molecule has 1 aliphatic carbocycles. The van der Waals surface area contributed by atoms with Crippen LogP contribution in [0.4, 0.5) is 4.39 Å². The Morgan fingerprint density at radius 1 is 1.43 bits per heavy atom. The fraction of sp³-hybridized carbons (Fsp3) is 0.500. The van der Waals surface area contributed by atoms with Crippen molar-refractivity contribution in [2.75, 3.05) is 0 Å². The highest BCUT2D eigenvalue weighted by atomic mass is 19.1. The van der Waals surface area contributed by atoms with Gasteiger partial charge >= 0.3 is 0 Å². The van der Waals surface area contributed by atoms with E-state index in [1.165, 1.54) is 18.9 Å². The van der Waals surface area contributed by atoms with E-state index in [-0.39, 0.29) is 17.3 Å². The molecule has 2 heteroatoms. The van der Waals surface area contributed by atoms with Gasteiger partial charge in [-0.2, -0.15) is 0 Å². The smallest absolute Gasteiger partial charge is 0.126 e.